The van der Waals surface area contributed by atoms with Crippen molar-refractivity contribution < 1.29 is 4.74 Å². The highest BCUT2D eigenvalue weighted by atomic mass is 16.5. The van der Waals surface area contributed by atoms with Crippen LogP contribution in [0.4, 0.5) is 0 Å². The molecule has 0 amide bonds. The van der Waals surface area contributed by atoms with E-state index in [9.17, 15) is 0 Å². The smallest absolute Gasteiger partial charge is 0.296 e. The molecule has 1 aromatic heterocycles. The molecule has 1 unspecified atom stereocenters. The summed E-state index contributed by atoms with van der Waals surface area (Å²) in [6.07, 6.45) is 2.95. The molecule has 4 heteroatoms. The Kier molecular flexibility index (Phi) is 2.00. The summed E-state index contributed by atoms with van der Waals surface area (Å²) in [6.45, 7) is 0. The maximum atomic E-state index is 5.86. The van der Waals surface area contributed by atoms with Crippen LogP contribution in [0.5, 0.6) is 6.01 Å². The fraction of sp³-hybridized carbons (Fsp3) is 0.667. The first kappa shape index (κ1) is 8.56. The van der Waals surface area contributed by atoms with E-state index < -0.39 is 0 Å². The van der Waals surface area contributed by atoms with Gasteiger partial charge in [0.25, 0.3) is 6.01 Å². The fourth-order valence-electron chi connectivity index (χ4n) is 1.89. The molecule has 13 heavy (non-hydrogen) atoms. The summed E-state index contributed by atoms with van der Waals surface area (Å²) in [5, 5.41) is 0. The first-order valence-corrected chi connectivity index (χ1v) is 4.56. The van der Waals surface area contributed by atoms with Gasteiger partial charge in [-0.25, -0.2) is 0 Å². The number of methoxy groups -OCH3 is 1. The Morgan fingerprint density at radius 1 is 1.62 bits per heavy atom. The number of hydrogen-bond acceptors (Lipinski definition) is 3. The van der Waals surface area contributed by atoms with Gasteiger partial charge < -0.3 is 15.0 Å². The molecule has 1 aliphatic rings. The van der Waals surface area contributed by atoms with Crippen LogP contribution in [0, 0.1) is 0 Å². The summed E-state index contributed by atoms with van der Waals surface area (Å²) in [5.41, 5.74) is 8.25. The summed E-state index contributed by atoms with van der Waals surface area (Å²) in [6, 6.07) is 0.964. The zero-order chi connectivity index (χ0) is 9.42. The van der Waals surface area contributed by atoms with Crippen LogP contribution in [0.15, 0.2) is 0 Å². The minimum absolute atomic E-state index is 0.270. The Morgan fingerprint density at radius 2 is 2.38 bits per heavy atom. The Labute approximate surface area is 77.7 Å². The van der Waals surface area contributed by atoms with E-state index in [1.54, 1.807) is 7.11 Å². The Bertz CT molecular complexity index is 319. The second-order valence-electron chi connectivity index (χ2n) is 3.55. The van der Waals surface area contributed by atoms with Crippen LogP contribution in [0.2, 0.25) is 0 Å². The van der Waals surface area contributed by atoms with Crippen LogP contribution in [0.1, 0.15) is 17.8 Å². The van der Waals surface area contributed by atoms with Crippen molar-refractivity contribution in [3.8, 4) is 6.01 Å². The molecule has 0 saturated heterocycles. The van der Waals surface area contributed by atoms with Gasteiger partial charge in [-0.3, -0.25) is 0 Å². The van der Waals surface area contributed by atoms with Crippen molar-refractivity contribution in [2.45, 2.75) is 25.3 Å². The van der Waals surface area contributed by atoms with E-state index in [-0.39, 0.29) is 6.04 Å². The molecule has 1 heterocycles. The van der Waals surface area contributed by atoms with E-state index in [4.69, 9.17) is 10.5 Å². The zero-order valence-corrected chi connectivity index (χ0v) is 8.08. The summed E-state index contributed by atoms with van der Waals surface area (Å²) in [7, 11) is 3.63. The molecule has 0 fully saturated rings. The van der Waals surface area contributed by atoms with E-state index in [1.165, 1.54) is 5.69 Å². The molecular formula is C9H15N3O. The predicted octanol–water partition coefficient (Wildman–Crippen LogP) is 0.245. The molecule has 0 radical (unpaired) electrons. The van der Waals surface area contributed by atoms with Gasteiger partial charge in [0.15, 0.2) is 0 Å². The third-order valence-corrected chi connectivity index (χ3v) is 2.65. The fourth-order valence-corrected chi connectivity index (χ4v) is 1.89. The lowest BCUT2D eigenvalue weighted by Gasteiger charge is -2.17. The van der Waals surface area contributed by atoms with E-state index in [1.807, 2.05) is 11.6 Å². The predicted molar refractivity (Wildman–Crippen MR) is 49.8 cm³/mol. The van der Waals surface area contributed by atoms with Gasteiger partial charge in [0.1, 0.15) is 0 Å². The number of hydrogen-bond donors (Lipinski definition) is 1. The van der Waals surface area contributed by atoms with E-state index in [0.29, 0.717) is 6.01 Å². The van der Waals surface area contributed by atoms with Crippen LogP contribution >= 0.6 is 0 Å². The molecular weight excluding hydrogens is 166 g/mol. The van der Waals surface area contributed by atoms with Crippen molar-refractivity contribution >= 4 is 0 Å². The monoisotopic (exact) mass is 181 g/mol. The number of imidazole rings is 1. The number of nitrogens with zero attached hydrogens (tertiary/aromatic N) is 2. The number of fused-ring (bicyclic) bond motifs is 1. The molecule has 0 aliphatic heterocycles. The Balaban J connectivity index is 2.39. The number of rotatable bonds is 1. The SMILES string of the molecule is COc1nc2c(n1C)CCC(N)C2. The molecule has 0 spiro atoms. The van der Waals surface area contributed by atoms with Gasteiger partial charge in [0, 0.05) is 25.2 Å². The molecule has 1 aromatic rings. The highest BCUT2D eigenvalue weighted by molar-refractivity contribution is 5.23. The van der Waals surface area contributed by atoms with Gasteiger partial charge >= 0.3 is 0 Å². The van der Waals surface area contributed by atoms with Gasteiger partial charge in [-0.15, -0.1) is 0 Å². The lowest BCUT2D eigenvalue weighted by atomic mass is 9.97. The minimum atomic E-state index is 0.270. The average molecular weight is 181 g/mol. The van der Waals surface area contributed by atoms with Crippen molar-refractivity contribution in [1.82, 2.24) is 9.55 Å². The van der Waals surface area contributed by atoms with E-state index in [0.717, 1.165) is 25.0 Å². The lowest BCUT2D eigenvalue weighted by Crippen LogP contribution is -2.28. The summed E-state index contributed by atoms with van der Waals surface area (Å²) in [5.74, 6) is 0. The van der Waals surface area contributed by atoms with Crippen LogP contribution in [0.25, 0.3) is 0 Å². The Hall–Kier alpha value is -1.03. The van der Waals surface area contributed by atoms with Crippen LogP contribution in [0.3, 0.4) is 0 Å². The quantitative estimate of drug-likeness (QED) is 0.675. The molecule has 1 aliphatic carbocycles. The van der Waals surface area contributed by atoms with Crippen molar-refractivity contribution in [1.29, 1.82) is 0 Å². The molecule has 2 rings (SSSR count). The van der Waals surface area contributed by atoms with Crippen LogP contribution < -0.4 is 10.5 Å². The van der Waals surface area contributed by atoms with Crippen LogP contribution in [-0.2, 0) is 19.9 Å². The maximum absolute atomic E-state index is 5.86. The zero-order valence-electron chi connectivity index (χ0n) is 8.08. The van der Waals surface area contributed by atoms with Crippen LogP contribution in [-0.4, -0.2) is 22.7 Å². The molecule has 72 valence electrons. The molecule has 1 atom stereocenters. The summed E-state index contributed by atoms with van der Waals surface area (Å²) < 4.78 is 7.16. The molecule has 4 nitrogen and oxygen atoms in total. The van der Waals surface area contributed by atoms with Crippen molar-refractivity contribution in [2.75, 3.05) is 7.11 Å². The van der Waals surface area contributed by atoms with Gasteiger partial charge in [0.2, 0.25) is 0 Å². The topological polar surface area (TPSA) is 53.1 Å². The molecule has 0 aromatic carbocycles. The second kappa shape index (κ2) is 3.03. The van der Waals surface area contributed by atoms with Gasteiger partial charge in [0.05, 0.1) is 12.8 Å². The first-order valence-electron chi connectivity index (χ1n) is 4.56. The third kappa shape index (κ3) is 1.31. The van der Waals surface area contributed by atoms with Gasteiger partial charge in [-0.2, -0.15) is 4.98 Å². The minimum Gasteiger partial charge on any atom is -0.468 e. The van der Waals surface area contributed by atoms with E-state index in [2.05, 4.69) is 4.98 Å². The highest BCUT2D eigenvalue weighted by Gasteiger charge is 2.22. The number of aromatic nitrogens is 2. The molecule has 2 N–H and O–H groups in total. The van der Waals surface area contributed by atoms with Gasteiger partial charge in [-0.1, -0.05) is 0 Å². The Morgan fingerprint density at radius 3 is 3.08 bits per heavy atom. The lowest BCUT2D eigenvalue weighted by molar-refractivity contribution is 0.364. The third-order valence-electron chi connectivity index (χ3n) is 2.65. The van der Waals surface area contributed by atoms with Crippen molar-refractivity contribution in [3.05, 3.63) is 11.4 Å². The highest BCUT2D eigenvalue weighted by Crippen LogP contribution is 2.23. The molecule has 0 saturated carbocycles. The maximum Gasteiger partial charge on any atom is 0.296 e. The standard InChI is InChI=1S/C9H15N3O/c1-12-8-4-3-6(10)5-7(8)11-9(12)13-2/h6H,3-5,10H2,1-2H3. The van der Waals surface area contributed by atoms with Crippen molar-refractivity contribution in [2.24, 2.45) is 12.8 Å². The number of nitrogens with two attached hydrogens (primary N) is 1. The summed E-state index contributed by atoms with van der Waals surface area (Å²) >= 11 is 0. The number of ether oxygens (including phenoxy) is 1. The van der Waals surface area contributed by atoms with E-state index >= 15 is 0 Å². The summed E-state index contributed by atoms with van der Waals surface area (Å²) in [4.78, 5) is 4.38. The first-order chi connectivity index (χ1) is 6.22. The van der Waals surface area contributed by atoms with Crippen molar-refractivity contribution in [3.63, 3.8) is 0 Å². The van der Waals surface area contributed by atoms with Gasteiger partial charge in [-0.05, 0) is 12.8 Å². The normalized spacial score (nSPS) is 21.3. The second-order valence-corrected chi connectivity index (χ2v) is 3.55. The average Bonchev–Trinajstić information content (AvgIpc) is 2.42. The largest absolute Gasteiger partial charge is 0.468 e. The molecule has 0 bridgehead atoms.